The summed E-state index contributed by atoms with van der Waals surface area (Å²) in [6.45, 7) is 11.4. The van der Waals surface area contributed by atoms with Crippen molar-refractivity contribution in [2.75, 3.05) is 6.61 Å². The molecule has 1 rings (SSSR count). The molecule has 8 nitrogen and oxygen atoms in total. The van der Waals surface area contributed by atoms with Gasteiger partial charge in [0, 0.05) is 0 Å². The third kappa shape index (κ3) is 6.77. The number of hydrazine groups is 1. The predicted octanol–water partition coefficient (Wildman–Crippen LogP) is 2.04. The fraction of sp³-hybridized carbons (Fsp3) is 0.733. The monoisotopic (exact) mass is 329 g/mol. The second-order valence-corrected chi connectivity index (χ2v) is 6.59. The Bertz CT molecular complexity index is 457. The molecule has 0 aliphatic carbocycles. The maximum atomic E-state index is 12.0. The summed E-state index contributed by atoms with van der Waals surface area (Å²) in [4.78, 5) is 29.0. The van der Waals surface area contributed by atoms with E-state index in [1.165, 1.54) is 11.4 Å². The second kappa shape index (κ2) is 8.05. The minimum Gasteiger partial charge on any atom is -0.461 e. The summed E-state index contributed by atoms with van der Waals surface area (Å²) < 4.78 is 10.1. The lowest BCUT2D eigenvalue weighted by Crippen LogP contribution is -2.53. The Kier molecular flexibility index (Phi) is 6.68. The van der Waals surface area contributed by atoms with Gasteiger partial charge < -0.3 is 19.6 Å². The summed E-state index contributed by atoms with van der Waals surface area (Å²) in [6.07, 6.45) is 0.782. The van der Waals surface area contributed by atoms with Crippen molar-refractivity contribution < 1.29 is 23.9 Å². The van der Waals surface area contributed by atoms with Crippen LogP contribution in [0.4, 0.5) is 4.79 Å². The van der Waals surface area contributed by atoms with Gasteiger partial charge in [0.15, 0.2) is 5.70 Å². The van der Waals surface area contributed by atoms with Gasteiger partial charge >= 0.3 is 12.1 Å². The molecule has 1 atom stereocenters. The SMILES string of the molecule is CCOC(=O)C1=CON([C@@H](CC(C)C)NC(=O)OC(C)(C)C)N1. The summed E-state index contributed by atoms with van der Waals surface area (Å²) in [7, 11) is 0. The quantitative estimate of drug-likeness (QED) is 0.721. The number of hydrogen-bond donors (Lipinski definition) is 2. The van der Waals surface area contributed by atoms with Crippen LogP contribution < -0.4 is 10.7 Å². The molecule has 0 saturated heterocycles. The lowest BCUT2D eigenvalue weighted by molar-refractivity contribution is -0.162. The predicted molar refractivity (Wildman–Crippen MR) is 83.4 cm³/mol. The molecule has 23 heavy (non-hydrogen) atoms. The third-order valence-corrected chi connectivity index (χ3v) is 2.67. The van der Waals surface area contributed by atoms with Crippen molar-refractivity contribution in [1.82, 2.24) is 15.9 Å². The Morgan fingerprint density at radius 2 is 2.04 bits per heavy atom. The van der Waals surface area contributed by atoms with Crippen molar-refractivity contribution in [3.63, 3.8) is 0 Å². The van der Waals surface area contributed by atoms with E-state index in [-0.39, 0.29) is 18.2 Å². The molecule has 1 heterocycles. The van der Waals surface area contributed by atoms with Crippen LogP contribution in [0.15, 0.2) is 12.0 Å². The van der Waals surface area contributed by atoms with Crippen LogP contribution >= 0.6 is 0 Å². The molecule has 0 spiro atoms. The zero-order valence-corrected chi connectivity index (χ0v) is 14.6. The van der Waals surface area contributed by atoms with E-state index in [1.807, 2.05) is 13.8 Å². The normalized spacial score (nSPS) is 16.2. The highest BCUT2D eigenvalue weighted by Gasteiger charge is 2.31. The molecule has 1 aliphatic rings. The molecule has 0 aromatic carbocycles. The van der Waals surface area contributed by atoms with E-state index in [0.717, 1.165) is 0 Å². The minimum absolute atomic E-state index is 0.173. The van der Waals surface area contributed by atoms with Gasteiger partial charge in [-0.3, -0.25) is 5.43 Å². The summed E-state index contributed by atoms with van der Waals surface area (Å²) in [5.74, 6) is -0.234. The van der Waals surface area contributed by atoms with Crippen molar-refractivity contribution in [2.24, 2.45) is 5.92 Å². The van der Waals surface area contributed by atoms with E-state index >= 15 is 0 Å². The lowest BCUT2D eigenvalue weighted by atomic mass is 10.1. The van der Waals surface area contributed by atoms with Gasteiger partial charge in [0.1, 0.15) is 18.0 Å². The summed E-state index contributed by atoms with van der Waals surface area (Å²) in [6, 6.07) is 0. The van der Waals surface area contributed by atoms with Crippen LogP contribution in [0.1, 0.15) is 48.0 Å². The summed E-state index contributed by atoms with van der Waals surface area (Å²) in [5.41, 5.74) is 2.35. The molecule has 0 aromatic heterocycles. The van der Waals surface area contributed by atoms with Crippen molar-refractivity contribution >= 4 is 12.1 Å². The maximum absolute atomic E-state index is 12.0. The Morgan fingerprint density at radius 1 is 1.39 bits per heavy atom. The van der Waals surface area contributed by atoms with Crippen molar-refractivity contribution in [3.8, 4) is 0 Å². The van der Waals surface area contributed by atoms with Crippen LogP contribution in [0.3, 0.4) is 0 Å². The first-order valence-corrected chi connectivity index (χ1v) is 7.72. The first kappa shape index (κ1) is 19.1. The van der Waals surface area contributed by atoms with Gasteiger partial charge in [-0.1, -0.05) is 13.8 Å². The largest absolute Gasteiger partial charge is 0.461 e. The van der Waals surface area contributed by atoms with E-state index in [1.54, 1.807) is 27.7 Å². The highest BCUT2D eigenvalue weighted by atomic mass is 16.7. The van der Waals surface area contributed by atoms with E-state index < -0.39 is 23.8 Å². The number of hydroxylamine groups is 1. The topological polar surface area (TPSA) is 89.1 Å². The van der Waals surface area contributed by atoms with Gasteiger partial charge in [0.25, 0.3) is 0 Å². The van der Waals surface area contributed by atoms with Gasteiger partial charge in [0.05, 0.1) is 6.61 Å². The molecule has 132 valence electrons. The van der Waals surface area contributed by atoms with Crippen molar-refractivity contribution in [3.05, 3.63) is 12.0 Å². The minimum atomic E-state index is -0.597. The van der Waals surface area contributed by atoms with Crippen LogP contribution in [0.5, 0.6) is 0 Å². The molecular weight excluding hydrogens is 302 g/mol. The zero-order valence-electron chi connectivity index (χ0n) is 14.6. The molecule has 0 radical (unpaired) electrons. The van der Waals surface area contributed by atoms with Crippen LogP contribution in [0, 0.1) is 5.92 Å². The first-order valence-electron chi connectivity index (χ1n) is 7.72. The number of ether oxygens (including phenoxy) is 2. The lowest BCUT2D eigenvalue weighted by Gasteiger charge is -2.29. The van der Waals surface area contributed by atoms with Gasteiger partial charge in [-0.15, -0.1) is 0 Å². The Hall–Kier alpha value is -1.96. The van der Waals surface area contributed by atoms with Gasteiger partial charge in [-0.25, -0.2) is 9.59 Å². The number of carbonyl (C=O) groups excluding carboxylic acids is 2. The molecule has 8 heteroatoms. The van der Waals surface area contributed by atoms with Gasteiger partial charge in [-0.2, -0.15) is 0 Å². The van der Waals surface area contributed by atoms with Gasteiger partial charge in [0.2, 0.25) is 0 Å². The fourth-order valence-electron chi connectivity index (χ4n) is 1.84. The van der Waals surface area contributed by atoms with Crippen LogP contribution in [0.2, 0.25) is 0 Å². The molecule has 0 saturated carbocycles. The number of carbonyl (C=O) groups is 2. The smallest absolute Gasteiger partial charge is 0.409 e. The van der Waals surface area contributed by atoms with E-state index in [9.17, 15) is 9.59 Å². The molecule has 0 unspecified atom stereocenters. The average molecular weight is 329 g/mol. The number of nitrogens with zero attached hydrogens (tertiary/aromatic N) is 1. The van der Waals surface area contributed by atoms with E-state index in [4.69, 9.17) is 14.3 Å². The van der Waals surface area contributed by atoms with Crippen molar-refractivity contribution in [1.29, 1.82) is 0 Å². The van der Waals surface area contributed by atoms with E-state index in [0.29, 0.717) is 6.42 Å². The van der Waals surface area contributed by atoms with Crippen molar-refractivity contribution in [2.45, 2.75) is 59.7 Å². The number of esters is 1. The second-order valence-electron chi connectivity index (χ2n) is 6.59. The molecular formula is C15H27N3O5. The molecule has 0 fully saturated rings. The molecule has 0 aromatic rings. The van der Waals surface area contributed by atoms with Crippen LogP contribution in [0.25, 0.3) is 0 Å². The summed E-state index contributed by atoms with van der Waals surface area (Å²) in [5, 5.41) is 4.03. The zero-order chi connectivity index (χ0) is 17.6. The third-order valence-electron chi connectivity index (χ3n) is 2.67. The molecule has 1 aliphatic heterocycles. The Morgan fingerprint density at radius 3 is 2.57 bits per heavy atom. The average Bonchev–Trinajstić information content (AvgIpc) is 2.84. The van der Waals surface area contributed by atoms with Crippen LogP contribution in [-0.4, -0.2) is 35.6 Å². The number of hydrogen-bond acceptors (Lipinski definition) is 7. The molecule has 0 bridgehead atoms. The molecule has 2 N–H and O–H groups in total. The van der Waals surface area contributed by atoms with E-state index in [2.05, 4.69) is 10.7 Å². The molecule has 1 amide bonds. The fourth-order valence-corrected chi connectivity index (χ4v) is 1.84. The Balaban J connectivity index is 2.66. The maximum Gasteiger partial charge on any atom is 0.409 e. The standard InChI is InChI=1S/C15H27N3O5/c1-7-21-13(19)11-9-22-18(17-11)12(8-10(2)3)16-14(20)23-15(4,5)6/h9-10,12,17H,7-8H2,1-6H3,(H,16,20)/t12-/m0/s1. The number of amides is 1. The first-order chi connectivity index (χ1) is 10.6. The van der Waals surface area contributed by atoms with Crippen LogP contribution in [-0.2, 0) is 19.1 Å². The summed E-state index contributed by atoms with van der Waals surface area (Å²) >= 11 is 0. The number of rotatable bonds is 6. The highest BCUT2D eigenvalue weighted by Crippen LogP contribution is 2.15. The highest BCUT2D eigenvalue weighted by molar-refractivity contribution is 5.87. The van der Waals surface area contributed by atoms with Gasteiger partial charge in [-0.05, 0) is 45.2 Å². The number of nitrogens with one attached hydrogen (secondary N) is 2. The number of alkyl carbamates (subject to hydrolysis) is 1. The Labute approximate surface area is 137 Å².